The Morgan fingerprint density at radius 3 is 2.08 bits per heavy atom. The number of nitrogens with zero attached hydrogens (tertiary/aromatic N) is 1. The van der Waals surface area contributed by atoms with E-state index in [2.05, 4.69) is 25.8 Å². The van der Waals surface area contributed by atoms with Crippen LogP contribution in [0.2, 0.25) is 0 Å². The molecule has 0 bridgehead atoms. The van der Waals surface area contributed by atoms with E-state index in [0.717, 1.165) is 0 Å². The average molecular weight is 175 g/mol. The molecule has 0 atom stereocenters. The molecule has 0 N–H and O–H groups in total. The summed E-state index contributed by atoms with van der Waals surface area (Å²) in [5.74, 6) is 0. The Morgan fingerprint density at radius 2 is 1.69 bits per heavy atom. The molecule has 0 unspecified atom stereocenters. The Hall–Kier alpha value is -1.40. The second-order valence-electron chi connectivity index (χ2n) is 4.00. The van der Waals surface area contributed by atoms with Crippen LogP contribution >= 0.6 is 0 Å². The maximum atomic E-state index is 9.96. The van der Waals surface area contributed by atoms with Crippen molar-refractivity contribution in [2.24, 2.45) is 0 Å². The van der Waals surface area contributed by atoms with Crippen LogP contribution in [0.5, 0.6) is 0 Å². The zero-order valence-electron chi connectivity index (χ0n) is 8.16. The van der Waals surface area contributed by atoms with Gasteiger partial charge in [0.05, 0.1) is 0 Å². The van der Waals surface area contributed by atoms with Crippen LogP contribution in [0.25, 0.3) is 0 Å². The van der Waals surface area contributed by atoms with Crippen molar-refractivity contribution in [3.8, 4) is 0 Å². The summed E-state index contributed by atoms with van der Waals surface area (Å²) in [6.45, 7) is 6.43. The molecule has 1 radical (unpaired) electrons. The van der Waals surface area contributed by atoms with E-state index in [0.29, 0.717) is 5.69 Å². The summed E-state index contributed by atoms with van der Waals surface area (Å²) in [5, 5.41) is 0. The Balaban J connectivity index is 3.00. The molecule has 0 heterocycles. The number of hydrogen-bond donors (Lipinski definition) is 0. The highest BCUT2D eigenvalue weighted by atomic mass is 16.1. The predicted octanol–water partition coefficient (Wildman–Crippen LogP) is 2.29. The van der Waals surface area contributed by atoms with E-state index < -0.39 is 0 Å². The fourth-order valence-corrected chi connectivity index (χ4v) is 1.09. The minimum atomic E-state index is 0.142. The summed E-state index contributed by atoms with van der Waals surface area (Å²) >= 11 is 0. The average Bonchev–Trinajstić information content (AvgIpc) is 2.04. The lowest BCUT2D eigenvalue weighted by Crippen LogP contribution is -2.10. The molecule has 67 valence electrons. The molecule has 1 rings (SSSR count). The monoisotopic (exact) mass is 175 g/mol. The Morgan fingerprint density at radius 1 is 1.15 bits per heavy atom. The number of rotatable bonds is 1. The van der Waals surface area contributed by atoms with Crippen molar-refractivity contribution in [2.45, 2.75) is 26.2 Å². The molecule has 0 fully saturated rings. The van der Waals surface area contributed by atoms with Gasteiger partial charge < -0.3 is 0 Å². The number of carbonyl (C=O) groups excluding carboxylic acids is 1. The topological polar surface area (TPSA) is 31.2 Å². The summed E-state index contributed by atoms with van der Waals surface area (Å²) in [6, 6.07) is 7.61. The van der Waals surface area contributed by atoms with Crippen LogP contribution in [0.3, 0.4) is 0 Å². The predicted molar refractivity (Wildman–Crippen MR) is 52.6 cm³/mol. The minimum absolute atomic E-state index is 0.142. The molecular formula is C11H13NO+. The highest BCUT2D eigenvalue weighted by molar-refractivity contribution is 5.47. The summed E-state index contributed by atoms with van der Waals surface area (Å²) in [5.41, 5.74) is 2.03. The maximum Gasteiger partial charge on any atom is 0.504 e. The molecule has 0 aliphatic heterocycles. The third kappa shape index (κ3) is 2.53. The smallest absolute Gasteiger partial charge is 0.154 e. The third-order valence-corrected chi connectivity index (χ3v) is 1.91. The third-order valence-electron chi connectivity index (χ3n) is 1.91. The lowest BCUT2D eigenvalue weighted by atomic mass is 9.87. The van der Waals surface area contributed by atoms with Gasteiger partial charge in [0, 0.05) is 12.1 Å². The number of aliphatic imine (C=N–C) groups is 1. The van der Waals surface area contributed by atoms with Crippen LogP contribution in [0.4, 0.5) is 5.69 Å². The van der Waals surface area contributed by atoms with Crippen LogP contribution in [0.1, 0.15) is 26.3 Å². The first-order valence-corrected chi connectivity index (χ1v) is 4.22. The van der Waals surface area contributed by atoms with Crippen molar-refractivity contribution in [1.29, 1.82) is 0 Å². The molecule has 0 saturated carbocycles. The summed E-state index contributed by atoms with van der Waals surface area (Å²) in [4.78, 5) is 13.5. The highest BCUT2D eigenvalue weighted by Gasteiger charge is 2.14. The second kappa shape index (κ2) is 3.55. The normalized spacial score (nSPS) is 10.7. The van der Waals surface area contributed by atoms with Gasteiger partial charge in [-0.05, 0) is 11.0 Å². The van der Waals surface area contributed by atoms with Crippen molar-refractivity contribution in [1.82, 2.24) is 4.99 Å². The standard InChI is InChI=1S/C11H13NO/c1-11(2,3)9-4-6-10(7-5-9)12-8-13/h4-7H,1-3H3/q+1. The van der Waals surface area contributed by atoms with E-state index in [1.165, 1.54) is 11.6 Å². The van der Waals surface area contributed by atoms with Gasteiger partial charge in [0.15, 0.2) is 4.99 Å². The van der Waals surface area contributed by atoms with Gasteiger partial charge in [0.2, 0.25) is 0 Å². The van der Waals surface area contributed by atoms with Crippen LogP contribution in [-0.4, -0.2) is 6.08 Å². The number of benzene rings is 1. The highest BCUT2D eigenvalue weighted by Crippen LogP contribution is 2.22. The summed E-state index contributed by atoms with van der Waals surface area (Å²) in [6.07, 6.45) is 1.52. The van der Waals surface area contributed by atoms with Crippen LogP contribution in [0, 0.1) is 0 Å². The molecule has 0 aliphatic rings. The Bertz CT molecular complexity index is 326. The molecule has 2 heteroatoms. The van der Waals surface area contributed by atoms with Gasteiger partial charge >= 0.3 is 6.08 Å². The molecule has 2 nitrogen and oxygen atoms in total. The molecule has 0 saturated heterocycles. The zero-order valence-corrected chi connectivity index (χ0v) is 8.16. The molecule has 0 aliphatic carbocycles. The zero-order chi connectivity index (χ0) is 9.90. The van der Waals surface area contributed by atoms with Gasteiger partial charge in [-0.2, -0.15) is 4.79 Å². The quantitative estimate of drug-likeness (QED) is 0.476. The number of isocyanates is 1. The van der Waals surface area contributed by atoms with Crippen molar-refractivity contribution in [2.75, 3.05) is 0 Å². The summed E-state index contributed by atoms with van der Waals surface area (Å²) < 4.78 is 0. The molecule has 0 aromatic heterocycles. The SMILES string of the molecule is CC(C)(C)c1ccc([N+]=C=O)cc1. The van der Waals surface area contributed by atoms with Crippen LogP contribution < -0.4 is 4.99 Å². The van der Waals surface area contributed by atoms with E-state index >= 15 is 0 Å². The van der Waals surface area contributed by atoms with Crippen LogP contribution in [0.15, 0.2) is 24.3 Å². The fraction of sp³-hybridized carbons (Fsp3) is 0.364. The van der Waals surface area contributed by atoms with Crippen molar-refractivity contribution < 1.29 is 4.79 Å². The lowest BCUT2D eigenvalue weighted by molar-refractivity contribution is 0.563. The first-order valence-electron chi connectivity index (χ1n) is 4.22. The van der Waals surface area contributed by atoms with E-state index in [1.54, 1.807) is 0 Å². The molecule has 1 aromatic carbocycles. The van der Waals surface area contributed by atoms with E-state index in [-0.39, 0.29) is 5.41 Å². The molecule has 0 spiro atoms. The molecule has 1 aromatic rings. The first-order chi connectivity index (χ1) is 6.04. The van der Waals surface area contributed by atoms with Gasteiger partial charge in [0.1, 0.15) is 0 Å². The van der Waals surface area contributed by atoms with E-state index in [1.807, 2.05) is 24.3 Å². The van der Waals surface area contributed by atoms with Crippen molar-refractivity contribution in [3.05, 3.63) is 29.8 Å². The molecule has 13 heavy (non-hydrogen) atoms. The summed E-state index contributed by atoms with van der Waals surface area (Å²) in [7, 11) is 0. The fourth-order valence-electron chi connectivity index (χ4n) is 1.09. The van der Waals surface area contributed by atoms with Gasteiger partial charge in [-0.25, -0.2) is 0 Å². The van der Waals surface area contributed by atoms with E-state index in [9.17, 15) is 4.79 Å². The van der Waals surface area contributed by atoms with Crippen LogP contribution in [-0.2, 0) is 10.2 Å². The van der Waals surface area contributed by atoms with Gasteiger partial charge in [-0.3, -0.25) is 0 Å². The van der Waals surface area contributed by atoms with Crippen molar-refractivity contribution in [3.63, 3.8) is 0 Å². The minimum Gasteiger partial charge on any atom is -0.154 e. The van der Waals surface area contributed by atoms with Gasteiger partial charge in [-0.1, -0.05) is 32.9 Å². The Kier molecular flexibility index (Phi) is 2.64. The Labute approximate surface area is 78.3 Å². The largest absolute Gasteiger partial charge is 0.504 e. The first kappa shape index (κ1) is 9.69. The maximum absolute atomic E-state index is 9.96. The number of hydrogen-bond acceptors (Lipinski definition) is 2. The molecular weight excluding hydrogens is 162 g/mol. The van der Waals surface area contributed by atoms with Gasteiger partial charge in [-0.15, -0.1) is 0 Å². The van der Waals surface area contributed by atoms with Gasteiger partial charge in [0.25, 0.3) is 5.69 Å². The van der Waals surface area contributed by atoms with Crippen molar-refractivity contribution >= 4 is 11.8 Å². The second-order valence-corrected chi connectivity index (χ2v) is 4.00. The molecule has 0 amide bonds. The lowest BCUT2D eigenvalue weighted by Gasteiger charge is -2.17. The van der Waals surface area contributed by atoms with E-state index in [4.69, 9.17) is 0 Å².